The number of nitrogens with one attached hydrogen (secondary N) is 2. The zero-order valence-electron chi connectivity index (χ0n) is 14.9. The third kappa shape index (κ3) is 2.81. The van der Waals surface area contributed by atoms with E-state index >= 15 is 0 Å². The second-order valence-corrected chi connectivity index (χ2v) is 6.93. The highest BCUT2D eigenvalue weighted by molar-refractivity contribution is 5.78. The number of aryl methyl sites for hydroxylation is 4. The SMILES string of the molecule is Cc1cc2nc(C[C@H](O)c3nc4cc(C)c(C)cc4[nH]3)[nH]c2cc1C. The Kier molecular flexibility index (Phi) is 3.62. The lowest BCUT2D eigenvalue weighted by Crippen LogP contribution is -2.05. The second kappa shape index (κ2) is 5.70. The molecular weight excluding hydrogens is 312 g/mol. The maximum atomic E-state index is 10.6. The molecule has 0 aliphatic rings. The van der Waals surface area contributed by atoms with Crippen LogP contribution in [0, 0.1) is 27.7 Å². The smallest absolute Gasteiger partial charge is 0.136 e. The highest BCUT2D eigenvalue weighted by Crippen LogP contribution is 2.23. The fraction of sp³-hybridized carbons (Fsp3) is 0.300. The number of benzene rings is 2. The lowest BCUT2D eigenvalue weighted by atomic mass is 10.1. The lowest BCUT2D eigenvalue weighted by Gasteiger charge is -2.04. The zero-order valence-corrected chi connectivity index (χ0v) is 14.9. The summed E-state index contributed by atoms with van der Waals surface area (Å²) >= 11 is 0. The van der Waals surface area contributed by atoms with Crippen molar-refractivity contribution >= 4 is 22.1 Å². The van der Waals surface area contributed by atoms with E-state index in [1.807, 2.05) is 6.07 Å². The van der Waals surface area contributed by atoms with Crippen molar-refractivity contribution in [2.75, 3.05) is 0 Å². The van der Waals surface area contributed by atoms with Crippen molar-refractivity contribution in [1.29, 1.82) is 0 Å². The first-order chi connectivity index (χ1) is 11.9. The maximum absolute atomic E-state index is 10.6. The van der Waals surface area contributed by atoms with E-state index in [1.54, 1.807) is 0 Å². The first kappa shape index (κ1) is 15.8. The molecule has 0 aliphatic heterocycles. The van der Waals surface area contributed by atoms with E-state index in [4.69, 9.17) is 0 Å². The summed E-state index contributed by atoms with van der Waals surface area (Å²) in [6, 6.07) is 8.29. The Morgan fingerprint density at radius 2 is 1.32 bits per heavy atom. The van der Waals surface area contributed by atoms with Crippen molar-refractivity contribution < 1.29 is 5.11 Å². The normalized spacial score (nSPS) is 13.0. The van der Waals surface area contributed by atoms with E-state index in [0.29, 0.717) is 12.2 Å². The molecule has 5 heteroatoms. The van der Waals surface area contributed by atoms with Crippen LogP contribution >= 0.6 is 0 Å². The van der Waals surface area contributed by atoms with Gasteiger partial charge in [-0.15, -0.1) is 0 Å². The minimum absolute atomic E-state index is 0.393. The minimum Gasteiger partial charge on any atom is -0.385 e. The van der Waals surface area contributed by atoms with Gasteiger partial charge in [0.1, 0.15) is 17.8 Å². The Balaban J connectivity index is 1.64. The summed E-state index contributed by atoms with van der Waals surface area (Å²) in [5.41, 5.74) is 8.62. The molecule has 3 N–H and O–H groups in total. The lowest BCUT2D eigenvalue weighted by molar-refractivity contribution is 0.167. The van der Waals surface area contributed by atoms with Crippen molar-refractivity contribution in [2.45, 2.75) is 40.2 Å². The molecule has 2 aromatic heterocycles. The van der Waals surface area contributed by atoms with Gasteiger partial charge in [-0.25, -0.2) is 9.97 Å². The van der Waals surface area contributed by atoms with Crippen molar-refractivity contribution in [1.82, 2.24) is 19.9 Å². The standard InChI is InChI=1S/C20H22N4O/c1-10-5-14-15(6-11(10)2)22-19(21-14)9-18(25)20-23-16-7-12(3)13(4)8-17(16)24-20/h5-8,18,25H,9H2,1-4H3,(H,21,22)(H,23,24)/t18-/m0/s1. The topological polar surface area (TPSA) is 77.6 Å². The predicted octanol–water partition coefficient (Wildman–Crippen LogP) is 3.95. The molecule has 4 rings (SSSR count). The molecule has 128 valence electrons. The Morgan fingerprint density at radius 1 is 0.800 bits per heavy atom. The Bertz CT molecular complexity index is 1010. The van der Waals surface area contributed by atoms with Crippen molar-refractivity contribution in [3.8, 4) is 0 Å². The molecule has 2 aromatic carbocycles. The molecule has 0 aliphatic carbocycles. The molecule has 0 fully saturated rings. The number of H-pyrrole nitrogens is 2. The van der Waals surface area contributed by atoms with Crippen LogP contribution < -0.4 is 0 Å². The van der Waals surface area contributed by atoms with E-state index in [-0.39, 0.29) is 0 Å². The van der Waals surface area contributed by atoms with Crippen molar-refractivity contribution in [3.05, 3.63) is 58.2 Å². The van der Waals surface area contributed by atoms with Gasteiger partial charge in [0.05, 0.1) is 22.1 Å². The van der Waals surface area contributed by atoms with Crippen LogP contribution in [0.15, 0.2) is 24.3 Å². The van der Waals surface area contributed by atoms with Gasteiger partial charge in [0.2, 0.25) is 0 Å². The van der Waals surface area contributed by atoms with Crippen LogP contribution in [0.4, 0.5) is 0 Å². The van der Waals surface area contributed by atoms with Gasteiger partial charge in [-0.05, 0) is 74.2 Å². The number of rotatable bonds is 3. The fourth-order valence-corrected chi connectivity index (χ4v) is 3.15. The number of imidazole rings is 2. The number of hydrogen-bond donors (Lipinski definition) is 3. The Morgan fingerprint density at radius 3 is 1.96 bits per heavy atom. The van der Waals surface area contributed by atoms with Gasteiger partial charge >= 0.3 is 0 Å². The maximum Gasteiger partial charge on any atom is 0.136 e. The quantitative estimate of drug-likeness (QED) is 0.531. The van der Waals surface area contributed by atoms with E-state index in [0.717, 1.165) is 27.9 Å². The summed E-state index contributed by atoms with van der Waals surface area (Å²) in [4.78, 5) is 15.7. The fourth-order valence-electron chi connectivity index (χ4n) is 3.15. The average Bonchev–Trinajstić information content (AvgIpc) is 3.11. The number of aromatic amines is 2. The molecule has 2 heterocycles. The second-order valence-electron chi connectivity index (χ2n) is 6.93. The van der Waals surface area contributed by atoms with Gasteiger partial charge in [0.25, 0.3) is 0 Å². The number of fused-ring (bicyclic) bond motifs is 2. The van der Waals surface area contributed by atoms with Gasteiger partial charge in [0.15, 0.2) is 0 Å². The van der Waals surface area contributed by atoms with E-state index in [9.17, 15) is 5.11 Å². The molecule has 25 heavy (non-hydrogen) atoms. The molecule has 0 bridgehead atoms. The van der Waals surface area contributed by atoms with Gasteiger partial charge < -0.3 is 15.1 Å². The van der Waals surface area contributed by atoms with Crippen LogP contribution in [0.5, 0.6) is 0 Å². The Labute approximate surface area is 146 Å². The van der Waals surface area contributed by atoms with Crippen molar-refractivity contribution in [2.24, 2.45) is 0 Å². The van der Waals surface area contributed by atoms with Gasteiger partial charge in [0, 0.05) is 6.42 Å². The van der Waals surface area contributed by atoms with Crippen LogP contribution in [-0.2, 0) is 6.42 Å². The summed E-state index contributed by atoms with van der Waals surface area (Å²) in [5, 5.41) is 10.6. The van der Waals surface area contributed by atoms with Crippen LogP contribution in [0.3, 0.4) is 0 Å². The summed E-state index contributed by atoms with van der Waals surface area (Å²) in [7, 11) is 0. The van der Waals surface area contributed by atoms with Gasteiger partial charge in [-0.3, -0.25) is 0 Å². The molecule has 1 atom stereocenters. The zero-order chi connectivity index (χ0) is 17.7. The summed E-state index contributed by atoms with van der Waals surface area (Å²) in [6.45, 7) is 8.31. The summed E-state index contributed by atoms with van der Waals surface area (Å²) in [5.74, 6) is 1.34. The molecule has 0 saturated carbocycles. The number of nitrogens with zero attached hydrogens (tertiary/aromatic N) is 2. The molecular formula is C20H22N4O. The molecule has 0 radical (unpaired) electrons. The third-order valence-electron chi connectivity index (χ3n) is 4.96. The number of aliphatic hydroxyl groups is 1. The third-order valence-corrected chi connectivity index (χ3v) is 4.96. The van der Waals surface area contributed by atoms with Crippen LogP contribution in [0.2, 0.25) is 0 Å². The molecule has 4 aromatic rings. The number of aliphatic hydroxyl groups excluding tert-OH is 1. The predicted molar refractivity (Wildman–Crippen MR) is 99.8 cm³/mol. The van der Waals surface area contributed by atoms with E-state index in [2.05, 4.69) is 65.8 Å². The molecule has 0 saturated heterocycles. The average molecular weight is 334 g/mol. The van der Waals surface area contributed by atoms with Gasteiger partial charge in [-0.1, -0.05) is 0 Å². The largest absolute Gasteiger partial charge is 0.385 e. The van der Waals surface area contributed by atoms with E-state index < -0.39 is 6.10 Å². The van der Waals surface area contributed by atoms with Gasteiger partial charge in [-0.2, -0.15) is 0 Å². The molecule has 5 nitrogen and oxygen atoms in total. The highest BCUT2D eigenvalue weighted by Gasteiger charge is 2.16. The summed E-state index contributed by atoms with van der Waals surface area (Å²) in [6.07, 6.45) is -0.333. The van der Waals surface area contributed by atoms with Crippen LogP contribution in [0.1, 0.15) is 40.0 Å². The van der Waals surface area contributed by atoms with Crippen LogP contribution in [0.25, 0.3) is 22.1 Å². The minimum atomic E-state index is -0.726. The van der Waals surface area contributed by atoms with E-state index in [1.165, 1.54) is 22.3 Å². The molecule has 0 amide bonds. The highest BCUT2D eigenvalue weighted by atomic mass is 16.3. The Hall–Kier alpha value is -2.66. The molecule has 0 unspecified atom stereocenters. The van der Waals surface area contributed by atoms with Crippen LogP contribution in [-0.4, -0.2) is 25.0 Å². The number of aromatic nitrogens is 4. The first-order valence-corrected chi connectivity index (χ1v) is 8.51. The first-order valence-electron chi connectivity index (χ1n) is 8.51. The number of hydrogen-bond acceptors (Lipinski definition) is 3. The monoisotopic (exact) mass is 334 g/mol. The summed E-state index contributed by atoms with van der Waals surface area (Å²) < 4.78 is 0. The molecule has 0 spiro atoms. The van der Waals surface area contributed by atoms with Crippen molar-refractivity contribution in [3.63, 3.8) is 0 Å².